The lowest BCUT2D eigenvalue weighted by molar-refractivity contribution is 0.531. The van der Waals surface area contributed by atoms with E-state index in [0.717, 1.165) is 6.04 Å². The van der Waals surface area contributed by atoms with E-state index in [4.69, 9.17) is 0 Å². The molecule has 0 aliphatic carbocycles. The van der Waals surface area contributed by atoms with E-state index in [9.17, 15) is 0 Å². The van der Waals surface area contributed by atoms with E-state index in [1.165, 1.54) is 12.8 Å². The van der Waals surface area contributed by atoms with Crippen LogP contribution in [0.3, 0.4) is 0 Å². The standard InChI is InChI=1S/C6H15N.H2O/c1-4-6(5-2)7-3;/h6-7H,4-5H2,1-3H3;1H2. The molecule has 0 radical (unpaired) electrons. The normalized spacial score (nSPS) is 9.00. The van der Waals surface area contributed by atoms with Gasteiger partial charge in [0.2, 0.25) is 0 Å². The van der Waals surface area contributed by atoms with E-state index in [1.54, 1.807) is 0 Å². The molecule has 8 heavy (non-hydrogen) atoms. The summed E-state index contributed by atoms with van der Waals surface area (Å²) in [6.45, 7) is 4.40. The van der Waals surface area contributed by atoms with Gasteiger partial charge in [0.15, 0.2) is 0 Å². The summed E-state index contributed by atoms with van der Waals surface area (Å²) in [5, 5.41) is 3.20. The molecule has 0 bridgehead atoms. The van der Waals surface area contributed by atoms with Crippen molar-refractivity contribution < 1.29 is 5.48 Å². The summed E-state index contributed by atoms with van der Waals surface area (Å²) in [5.41, 5.74) is 0. The topological polar surface area (TPSA) is 43.5 Å². The third-order valence-electron chi connectivity index (χ3n) is 1.39. The van der Waals surface area contributed by atoms with Gasteiger partial charge in [-0.2, -0.15) is 0 Å². The molecule has 0 aliphatic heterocycles. The Bertz CT molecular complexity index is 30.0. The molecule has 3 N–H and O–H groups in total. The van der Waals surface area contributed by atoms with Gasteiger partial charge in [0, 0.05) is 6.04 Å². The Balaban J connectivity index is 0. The largest absolute Gasteiger partial charge is 0.412 e. The second-order valence-electron chi connectivity index (χ2n) is 1.80. The van der Waals surface area contributed by atoms with Crippen LogP contribution in [0.2, 0.25) is 0 Å². The molecule has 0 unspecified atom stereocenters. The van der Waals surface area contributed by atoms with E-state index in [2.05, 4.69) is 19.2 Å². The van der Waals surface area contributed by atoms with Crippen molar-refractivity contribution in [1.29, 1.82) is 0 Å². The Hall–Kier alpha value is -0.0800. The Morgan fingerprint density at radius 1 is 1.25 bits per heavy atom. The van der Waals surface area contributed by atoms with Gasteiger partial charge in [-0.1, -0.05) is 13.8 Å². The molecular weight excluding hydrogens is 102 g/mol. The van der Waals surface area contributed by atoms with Crippen LogP contribution in [0, 0.1) is 0 Å². The monoisotopic (exact) mass is 119 g/mol. The number of nitrogens with one attached hydrogen (secondary N) is 1. The van der Waals surface area contributed by atoms with Crippen molar-refractivity contribution in [1.82, 2.24) is 5.32 Å². The van der Waals surface area contributed by atoms with Crippen LogP contribution in [0.15, 0.2) is 0 Å². The first-order chi connectivity index (χ1) is 3.35. The molecule has 0 aliphatic rings. The molecule has 0 aromatic heterocycles. The highest BCUT2D eigenvalue weighted by Crippen LogP contribution is 1.92. The fraction of sp³-hybridized carbons (Fsp3) is 1.00. The molecule has 0 atom stereocenters. The predicted octanol–water partition coefficient (Wildman–Crippen LogP) is 0.570. The van der Waals surface area contributed by atoms with Crippen LogP contribution in [-0.2, 0) is 0 Å². The van der Waals surface area contributed by atoms with Gasteiger partial charge in [0.05, 0.1) is 0 Å². The van der Waals surface area contributed by atoms with E-state index in [0.29, 0.717) is 0 Å². The zero-order chi connectivity index (χ0) is 5.70. The number of rotatable bonds is 3. The molecule has 0 heterocycles. The van der Waals surface area contributed by atoms with Crippen LogP contribution < -0.4 is 5.32 Å². The van der Waals surface area contributed by atoms with Gasteiger partial charge in [-0.05, 0) is 19.9 Å². The highest BCUT2D eigenvalue weighted by molar-refractivity contribution is 4.56. The molecule has 0 amide bonds. The van der Waals surface area contributed by atoms with Crippen molar-refractivity contribution in [2.75, 3.05) is 7.05 Å². The second-order valence-corrected chi connectivity index (χ2v) is 1.80. The first-order valence-electron chi connectivity index (χ1n) is 3.02. The lowest BCUT2D eigenvalue weighted by Gasteiger charge is -2.08. The molecule has 0 rings (SSSR count). The zero-order valence-electron chi connectivity index (χ0n) is 5.99. The second kappa shape index (κ2) is 6.92. The van der Waals surface area contributed by atoms with Crippen molar-refractivity contribution in [2.45, 2.75) is 32.7 Å². The van der Waals surface area contributed by atoms with Crippen molar-refractivity contribution in [2.24, 2.45) is 0 Å². The molecule has 0 fully saturated rings. The summed E-state index contributed by atoms with van der Waals surface area (Å²) in [7, 11) is 2.01. The molecule has 0 aromatic carbocycles. The lowest BCUT2D eigenvalue weighted by atomic mass is 10.2. The summed E-state index contributed by atoms with van der Waals surface area (Å²) < 4.78 is 0. The van der Waals surface area contributed by atoms with Gasteiger partial charge < -0.3 is 10.8 Å². The fourth-order valence-electron chi connectivity index (χ4n) is 0.697. The Morgan fingerprint density at radius 2 is 1.62 bits per heavy atom. The van der Waals surface area contributed by atoms with Crippen LogP contribution >= 0.6 is 0 Å². The van der Waals surface area contributed by atoms with Crippen molar-refractivity contribution >= 4 is 0 Å². The minimum atomic E-state index is 0. The molecule has 0 spiro atoms. The summed E-state index contributed by atoms with van der Waals surface area (Å²) in [6, 6.07) is 0.736. The smallest absolute Gasteiger partial charge is 0.00588 e. The average Bonchev–Trinajstić information content (AvgIpc) is 1.72. The molecule has 2 heteroatoms. The molecule has 52 valence electrons. The average molecular weight is 119 g/mol. The summed E-state index contributed by atoms with van der Waals surface area (Å²) >= 11 is 0. The summed E-state index contributed by atoms with van der Waals surface area (Å²) in [4.78, 5) is 0. The van der Waals surface area contributed by atoms with Crippen LogP contribution in [0.25, 0.3) is 0 Å². The van der Waals surface area contributed by atoms with Crippen LogP contribution in [-0.4, -0.2) is 18.6 Å². The number of hydrogen-bond donors (Lipinski definition) is 1. The Kier molecular flexibility index (Phi) is 9.36. The molecular formula is C6H17NO. The number of hydrogen-bond acceptors (Lipinski definition) is 1. The summed E-state index contributed by atoms with van der Waals surface area (Å²) in [6.07, 6.45) is 2.49. The Morgan fingerprint density at radius 3 is 1.62 bits per heavy atom. The van der Waals surface area contributed by atoms with Gasteiger partial charge >= 0.3 is 0 Å². The molecule has 0 aromatic rings. The molecule has 0 saturated heterocycles. The van der Waals surface area contributed by atoms with Gasteiger partial charge in [-0.15, -0.1) is 0 Å². The maximum atomic E-state index is 3.20. The maximum absolute atomic E-state index is 3.20. The molecule has 2 nitrogen and oxygen atoms in total. The minimum absolute atomic E-state index is 0. The van der Waals surface area contributed by atoms with Crippen LogP contribution in [0.4, 0.5) is 0 Å². The van der Waals surface area contributed by atoms with Crippen molar-refractivity contribution in [3.63, 3.8) is 0 Å². The van der Waals surface area contributed by atoms with Crippen molar-refractivity contribution in [3.8, 4) is 0 Å². The van der Waals surface area contributed by atoms with Crippen LogP contribution in [0.1, 0.15) is 26.7 Å². The highest BCUT2D eigenvalue weighted by Gasteiger charge is 1.94. The predicted molar refractivity (Wildman–Crippen MR) is 37.0 cm³/mol. The van der Waals surface area contributed by atoms with E-state index in [-0.39, 0.29) is 5.48 Å². The zero-order valence-corrected chi connectivity index (χ0v) is 5.99. The third-order valence-corrected chi connectivity index (χ3v) is 1.39. The van der Waals surface area contributed by atoms with Crippen LogP contribution in [0.5, 0.6) is 0 Å². The molecule has 0 saturated carbocycles. The van der Waals surface area contributed by atoms with E-state index < -0.39 is 0 Å². The lowest BCUT2D eigenvalue weighted by Crippen LogP contribution is -2.22. The highest BCUT2D eigenvalue weighted by atomic mass is 16.0. The van der Waals surface area contributed by atoms with Crippen molar-refractivity contribution in [3.05, 3.63) is 0 Å². The fourth-order valence-corrected chi connectivity index (χ4v) is 0.697. The summed E-state index contributed by atoms with van der Waals surface area (Å²) in [5.74, 6) is 0. The first-order valence-corrected chi connectivity index (χ1v) is 3.02. The maximum Gasteiger partial charge on any atom is 0.00588 e. The minimum Gasteiger partial charge on any atom is -0.412 e. The van der Waals surface area contributed by atoms with Gasteiger partial charge in [0.25, 0.3) is 0 Å². The SMILES string of the molecule is CCC(CC)NC.O. The first kappa shape index (κ1) is 10.8. The van der Waals surface area contributed by atoms with Gasteiger partial charge in [-0.25, -0.2) is 0 Å². The van der Waals surface area contributed by atoms with Gasteiger partial charge in [0.1, 0.15) is 0 Å². The quantitative estimate of drug-likeness (QED) is 0.580. The van der Waals surface area contributed by atoms with E-state index >= 15 is 0 Å². The van der Waals surface area contributed by atoms with E-state index in [1.807, 2.05) is 7.05 Å². The third kappa shape index (κ3) is 4.09. The Labute approximate surface area is 51.6 Å². The van der Waals surface area contributed by atoms with Gasteiger partial charge in [-0.3, -0.25) is 0 Å².